The van der Waals surface area contributed by atoms with Crippen molar-refractivity contribution in [1.82, 2.24) is 19.4 Å². The molecule has 3 heterocycles. The van der Waals surface area contributed by atoms with Crippen LogP contribution in [-0.4, -0.2) is 19.4 Å². The monoisotopic (exact) mass is 306 g/mol. The predicted molar refractivity (Wildman–Crippen MR) is 82.3 cm³/mol. The van der Waals surface area contributed by atoms with E-state index in [9.17, 15) is 4.79 Å². The first-order valence-corrected chi connectivity index (χ1v) is 8.09. The van der Waals surface area contributed by atoms with Gasteiger partial charge in [-0.15, -0.1) is 11.3 Å². The summed E-state index contributed by atoms with van der Waals surface area (Å²) in [5.74, 6) is 0. The average Bonchev–Trinajstić information content (AvgIpc) is 3.01. The number of rotatable bonds is 1. The third-order valence-corrected chi connectivity index (χ3v) is 5.57. The van der Waals surface area contributed by atoms with Gasteiger partial charge in [0.2, 0.25) is 4.77 Å². The highest BCUT2D eigenvalue weighted by atomic mass is 32.1. The van der Waals surface area contributed by atoms with Gasteiger partial charge in [0.1, 0.15) is 0 Å². The summed E-state index contributed by atoms with van der Waals surface area (Å²) in [4.78, 5) is 14.2. The second-order valence-corrected chi connectivity index (χ2v) is 6.59. The van der Waals surface area contributed by atoms with Gasteiger partial charge in [0.05, 0.1) is 10.1 Å². The molecule has 4 rings (SSSR count). The van der Waals surface area contributed by atoms with Crippen molar-refractivity contribution in [2.75, 3.05) is 0 Å². The Morgan fingerprint density at radius 3 is 3.00 bits per heavy atom. The van der Waals surface area contributed by atoms with Crippen molar-refractivity contribution in [3.05, 3.63) is 25.6 Å². The van der Waals surface area contributed by atoms with Gasteiger partial charge in [-0.2, -0.15) is 5.10 Å². The Labute approximate surface area is 123 Å². The summed E-state index contributed by atoms with van der Waals surface area (Å²) in [6.07, 6.45) is 4.47. The van der Waals surface area contributed by atoms with Crippen LogP contribution in [0.15, 0.2) is 4.79 Å². The topological polar surface area (TPSA) is 55.1 Å². The Hall–Kier alpha value is -1.47. The van der Waals surface area contributed by atoms with Crippen LogP contribution < -0.4 is 5.56 Å². The van der Waals surface area contributed by atoms with Crippen LogP contribution in [0, 0.1) is 4.77 Å². The third-order valence-electron chi connectivity index (χ3n) is 4.01. The van der Waals surface area contributed by atoms with Crippen molar-refractivity contribution < 1.29 is 0 Å². The summed E-state index contributed by atoms with van der Waals surface area (Å²) >= 11 is 6.97. The SMILES string of the molecule is CCn1c(=O)c2c3c(sc2c2n[nH]c(=S)n21)CCCC3. The maximum atomic E-state index is 12.8. The first kappa shape index (κ1) is 12.3. The van der Waals surface area contributed by atoms with Crippen molar-refractivity contribution in [1.29, 1.82) is 0 Å². The molecule has 0 unspecified atom stereocenters. The molecule has 0 spiro atoms. The van der Waals surface area contributed by atoms with Crippen LogP contribution in [0.25, 0.3) is 15.7 Å². The molecule has 1 aliphatic carbocycles. The number of thiophene rings is 1. The molecule has 3 aromatic heterocycles. The average molecular weight is 306 g/mol. The molecule has 0 aromatic carbocycles. The van der Waals surface area contributed by atoms with Crippen LogP contribution in [0.3, 0.4) is 0 Å². The zero-order valence-corrected chi connectivity index (χ0v) is 12.7. The van der Waals surface area contributed by atoms with Crippen LogP contribution in [0.2, 0.25) is 0 Å². The Bertz CT molecular complexity index is 943. The molecule has 0 atom stereocenters. The van der Waals surface area contributed by atoms with Crippen LogP contribution >= 0.6 is 23.6 Å². The third kappa shape index (κ3) is 1.44. The summed E-state index contributed by atoms with van der Waals surface area (Å²) in [5, 5.41) is 8.02. The fourth-order valence-corrected chi connectivity index (χ4v) is 4.70. The number of H-pyrrole nitrogens is 1. The summed E-state index contributed by atoms with van der Waals surface area (Å²) < 4.78 is 4.89. The molecule has 0 radical (unpaired) electrons. The molecular weight excluding hydrogens is 292 g/mol. The van der Waals surface area contributed by atoms with Crippen LogP contribution in [0.1, 0.15) is 30.2 Å². The highest BCUT2D eigenvalue weighted by Gasteiger charge is 2.22. The minimum Gasteiger partial charge on any atom is -0.267 e. The first-order chi connectivity index (χ1) is 9.72. The summed E-state index contributed by atoms with van der Waals surface area (Å²) in [6, 6.07) is 0. The number of hydrogen-bond donors (Lipinski definition) is 1. The fraction of sp³-hybridized carbons (Fsp3) is 0.462. The van der Waals surface area contributed by atoms with E-state index in [1.165, 1.54) is 23.3 Å². The van der Waals surface area contributed by atoms with Crippen molar-refractivity contribution >= 4 is 39.3 Å². The minimum absolute atomic E-state index is 0.0619. The molecular formula is C13H14N4OS2. The van der Waals surface area contributed by atoms with Gasteiger partial charge in [0.25, 0.3) is 5.56 Å². The number of nitrogens with one attached hydrogen (secondary N) is 1. The second kappa shape index (κ2) is 4.26. The zero-order chi connectivity index (χ0) is 13.9. The Balaban J connectivity index is 2.30. The fourth-order valence-electron chi connectivity index (χ4n) is 3.12. The van der Waals surface area contributed by atoms with E-state index < -0.39 is 0 Å². The van der Waals surface area contributed by atoms with E-state index in [-0.39, 0.29) is 5.56 Å². The summed E-state index contributed by atoms with van der Waals surface area (Å²) in [6.45, 7) is 2.55. The van der Waals surface area contributed by atoms with E-state index in [1.807, 2.05) is 6.92 Å². The number of aromatic nitrogens is 4. The molecule has 1 aliphatic rings. The Morgan fingerprint density at radius 2 is 2.20 bits per heavy atom. The van der Waals surface area contributed by atoms with E-state index in [4.69, 9.17) is 12.2 Å². The molecule has 0 fully saturated rings. The summed E-state index contributed by atoms with van der Waals surface area (Å²) in [7, 11) is 0. The van der Waals surface area contributed by atoms with E-state index >= 15 is 0 Å². The van der Waals surface area contributed by atoms with Crippen molar-refractivity contribution in [2.24, 2.45) is 0 Å². The first-order valence-electron chi connectivity index (χ1n) is 6.86. The number of aryl methyl sites for hydroxylation is 3. The highest BCUT2D eigenvalue weighted by molar-refractivity contribution is 7.71. The van der Waals surface area contributed by atoms with E-state index in [0.29, 0.717) is 11.3 Å². The van der Waals surface area contributed by atoms with E-state index in [1.54, 1.807) is 20.5 Å². The molecule has 7 heteroatoms. The standard InChI is InChI=1S/C13H14N4OS2/c1-2-16-12(18)9-7-5-3-4-6-8(7)20-10(9)11-14-15-13(19)17(11)16/h2-6H2,1H3,(H,15,19). The lowest BCUT2D eigenvalue weighted by atomic mass is 9.97. The molecule has 20 heavy (non-hydrogen) atoms. The van der Waals surface area contributed by atoms with Gasteiger partial charge in [0, 0.05) is 11.4 Å². The molecule has 1 N–H and O–H groups in total. The maximum Gasteiger partial charge on any atom is 0.274 e. The molecule has 0 amide bonds. The molecule has 0 bridgehead atoms. The minimum atomic E-state index is 0.0619. The number of nitrogens with zero attached hydrogens (tertiary/aromatic N) is 3. The van der Waals surface area contributed by atoms with Crippen molar-refractivity contribution in [2.45, 2.75) is 39.2 Å². The van der Waals surface area contributed by atoms with Gasteiger partial charge < -0.3 is 0 Å². The molecule has 3 aromatic rings. The lowest BCUT2D eigenvalue weighted by Crippen LogP contribution is -2.26. The van der Waals surface area contributed by atoms with Gasteiger partial charge in [-0.3, -0.25) is 4.79 Å². The second-order valence-electron chi connectivity index (χ2n) is 5.10. The maximum absolute atomic E-state index is 12.8. The van der Waals surface area contributed by atoms with Crippen LogP contribution in [-0.2, 0) is 19.4 Å². The van der Waals surface area contributed by atoms with Crippen molar-refractivity contribution in [3.8, 4) is 0 Å². The van der Waals surface area contributed by atoms with Crippen LogP contribution in [0.5, 0.6) is 0 Å². The quantitative estimate of drug-likeness (QED) is 0.703. The molecule has 104 valence electrons. The Morgan fingerprint density at radius 1 is 1.40 bits per heavy atom. The molecule has 0 saturated carbocycles. The Kier molecular flexibility index (Phi) is 2.62. The summed E-state index contributed by atoms with van der Waals surface area (Å²) in [5.41, 5.74) is 2.10. The van der Waals surface area contributed by atoms with Gasteiger partial charge in [0.15, 0.2) is 5.65 Å². The van der Waals surface area contributed by atoms with E-state index in [2.05, 4.69) is 10.2 Å². The molecule has 0 aliphatic heterocycles. The van der Waals surface area contributed by atoms with Gasteiger partial charge in [-0.25, -0.2) is 14.3 Å². The largest absolute Gasteiger partial charge is 0.274 e. The van der Waals surface area contributed by atoms with E-state index in [0.717, 1.165) is 28.6 Å². The highest BCUT2D eigenvalue weighted by Crippen LogP contribution is 2.36. The normalized spacial score (nSPS) is 15.1. The number of aromatic amines is 1. The van der Waals surface area contributed by atoms with Gasteiger partial charge >= 0.3 is 0 Å². The lowest BCUT2D eigenvalue weighted by Gasteiger charge is -2.11. The smallest absolute Gasteiger partial charge is 0.267 e. The number of hydrogen-bond acceptors (Lipinski definition) is 4. The van der Waals surface area contributed by atoms with Gasteiger partial charge in [-0.1, -0.05) is 0 Å². The molecule has 0 saturated heterocycles. The lowest BCUT2D eigenvalue weighted by molar-refractivity contribution is 0.579. The van der Waals surface area contributed by atoms with Crippen LogP contribution in [0.4, 0.5) is 0 Å². The van der Waals surface area contributed by atoms with Gasteiger partial charge in [-0.05, 0) is 50.4 Å². The van der Waals surface area contributed by atoms with Crippen molar-refractivity contribution in [3.63, 3.8) is 0 Å². The molecule has 5 nitrogen and oxygen atoms in total. The zero-order valence-electron chi connectivity index (χ0n) is 11.1. The predicted octanol–water partition coefficient (Wildman–Crippen LogP) is 2.67. The number of fused-ring (bicyclic) bond motifs is 5.